The van der Waals surface area contributed by atoms with Gasteiger partial charge in [0.15, 0.2) is 0 Å². The highest BCUT2D eigenvalue weighted by molar-refractivity contribution is 7.88. The Kier molecular flexibility index (Phi) is 5.75. The average molecular weight is 312 g/mol. The number of sulfonamides is 1. The summed E-state index contributed by atoms with van der Waals surface area (Å²) in [6, 6.07) is 7.38. The number of nitrogens with zero attached hydrogens (tertiary/aromatic N) is 1. The van der Waals surface area contributed by atoms with Gasteiger partial charge in [0.25, 0.3) is 0 Å². The minimum Gasteiger partial charge on any atom is -0.395 e. The molecular formula is C15H24N2O3S. The predicted octanol–water partition coefficient (Wildman–Crippen LogP) is 1.21. The van der Waals surface area contributed by atoms with Crippen LogP contribution >= 0.6 is 0 Å². The van der Waals surface area contributed by atoms with Gasteiger partial charge < -0.3 is 10.8 Å². The average Bonchev–Trinajstić information content (AvgIpc) is 2.98. The van der Waals surface area contributed by atoms with Crippen LogP contribution in [0.4, 0.5) is 0 Å². The van der Waals surface area contributed by atoms with Crippen LogP contribution in [-0.2, 0) is 22.3 Å². The molecule has 118 valence electrons. The second-order valence-corrected chi connectivity index (χ2v) is 7.47. The summed E-state index contributed by atoms with van der Waals surface area (Å²) >= 11 is 0. The lowest BCUT2D eigenvalue weighted by Crippen LogP contribution is -2.41. The highest BCUT2D eigenvalue weighted by Gasteiger charge is 2.31. The molecule has 0 radical (unpaired) electrons. The maximum absolute atomic E-state index is 12.6. The maximum atomic E-state index is 12.6. The molecule has 6 heteroatoms. The molecule has 0 spiro atoms. The summed E-state index contributed by atoms with van der Waals surface area (Å²) in [4.78, 5) is 0. The summed E-state index contributed by atoms with van der Waals surface area (Å²) in [6.45, 7) is 0.501. The third-order valence-corrected chi connectivity index (χ3v) is 5.91. The number of aliphatic hydroxyl groups is 1. The minimum atomic E-state index is -3.40. The van der Waals surface area contributed by atoms with Gasteiger partial charge in [0.2, 0.25) is 10.0 Å². The lowest BCUT2D eigenvalue weighted by Gasteiger charge is -2.27. The summed E-state index contributed by atoms with van der Waals surface area (Å²) < 4.78 is 26.7. The fourth-order valence-corrected chi connectivity index (χ4v) is 4.71. The van der Waals surface area contributed by atoms with Crippen LogP contribution in [0.15, 0.2) is 24.3 Å². The van der Waals surface area contributed by atoms with Gasteiger partial charge in [-0.2, -0.15) is 4.31 Å². The standard InChI is InChI=1S/C15H24N2O3S/c16-11-13-5-7-14(8-6-13)12-21(19,20)17(9-10-18)15-3-1-2-4-15/h5-8,15,18H,1-4,9-12,16H2. The number of benzene rings is 1. The monoisotopic (exact) mass is 312 g/mol. The molecule has 1 aromatic rings. The fraction of sp³-hybridized carbons (Fsp3) is 0.600. The van der Waals surface area contributed by atoms with E-state index in [1.165, 1.54) is 4.31 Å². The van der Waals surface area contributed by atoms with E-state index in [1.54, 1.807) is 0 Å². The van der Waals surface area contributed by atoms with Crippen molar-refractivity contribution in [2.75, 3.05) is 13.2 Å². The number of nitrogens with two attached hydrogens (primary N) is 1. The number of hydrogen-bond acceptors (Lipinski definition) is 4. The van der Waals surface area contributed by atoms with Crippen LogP contribution in [-0.4, -0.2) is 37.0 Å². The third kappa shape index (κ3) is 4.26. The van der Waals surface area contributed by atoms with E-state index in [9.17, 15) is 13.5 Å². The van der Waals surface area contributed by atoms with Crippen molar-refractivity contribution in [2.45, 2.75) is 44.0 Å². The molecule has 3 N–H and O–H groups in total. The quantitative estimate of drug-likeness (QED) is 0.793. The third-order valence-electron chi connectivity index (χ3n) is 4.02. The molecule has 2 rings (SSSR count). The first kappa shape index (κ1) is 16.4. The maximum Gasteiger partial charge on any atom is 0.218 e. The van der Waals surface area contributed by atoms with Gasteiger partial charge in [-0.05, 0) is 24.0 Å². The Morgan fingerprint density at radius 1 is 1.14 bits per heavy atom. The largest absolute Gasteiger partial charge is 0.395 e. The molecule has 1 saturated carbocycles. The van der Waals surface area contributed by atoms with Crippen molar-refractivity contribution in [2.24, 2.45) is 5.73 Å². The van der Waals surface area contributed by atoms with Gasteiger partial charge in [-0.3, -0.25) is 0 Å². The van der Waals surface area contributed by atoms with Crippen LogP contribution in [0.3, 0.4) is 0 Å². The number of aliphatic hydroxyl groups excluding tert-OH is 1. The Hall–Kier alpha value is -0.950. The molecule has 1 aromatic carbocycles. The molecule has 0 aliphatic heterocycles. The lowest BCUT2D eigenvalue weighted by molar-refractivity contribution is 0.226. The van der Waals surface area contributed by atoms with Gasteiger partial charge in [-0.1, -0.05) is 37.1 Å². The first-order chi connectivity index (χ1) is 10.1. The molecule has 21 heavy (non-hydrogen) atoms. The Labute approximate surface area is 126 Å². The molecule has 0 atom stereocenters. The molecule has 0 amide bonds. The molecular weight excluding hydrogens is 288 g/mol. The molecule has 0 saturated heterocycles. The van der Waals surface area contributed by atoms with E-state index in [0.29, 0.717) is 6.54 Å². The predicted molar refractivity (Wildman–Crippen MR) is 83.0 cm³/mol. The van der Waals surface area contributed by atoms with Crippen LogP contribution in [0.25, 0.3) is 0 Å². The summed E-state index contributed by atoms with van der Waals surface area (Å²) in [5, 5.41) is 9.17. The van der Waals surface area contributed by atoms with E-state index in [2.05, 4.69) is 0 Å². The minimum absolute atomic E-state index is 0.0195. The normalized spacial score (nSPS) is 16.7. The second-order valence-electron chi connectivity index (χ2n) is 5.55. The first-order valence-corrected chi connectivity index (χ1v) is 9.06. The van der Waals surface area contributed by atoms with Crippen LogP contribution in [0.2, 0.25) is 0 Å². The molecule has 0 bridgehead atoms. The van der Waals surface area contributed by atoms with E-state index in [-0.39, 0.29) is 24.9 Å². The van der Waals surface area contributed by atoms with E-state index in [1.807, 2.05) is 24.3 Å². The van der Waals surface area contributed by atoms with Crippen molar-refractivity contribution < 1.29 is 13.5 Å². The van der Waals surface area contributed by atoms with Gasteiger partial charge >= 0.3 is 0 Å². The molecule has 0 aromatic heterocycles. The SMILES string of the molecule is NCc1ccc(CS(=O)(=O)N(CCO)C2CCCC2)cc1. The Morgan fingerprint density at radius 2 is 1.71 bits per heavy atom. The summed E-state index contributed by atoms with van der Waals surface area (Å²) in [7, 11) is -3.40. The fourth-order valence-electron chi connectivity index (χ4n) is 2.90. The van der Waals surface area contributed by atoms with Gasteiger partial charge in [-0.15, -0.1) is 0 Å². The zero-order valence-electron chi connectivity index (χ0n) is 12.2. The van der Waals surface area contributed by atoms with Crippen molar-refractivity contribution >= 4 is 10.0 Å². The summed E-state index contributed by atoms with van der Waals surface area (Å²) in [5.74, 6) is -0.0195. The topological polar surface area (TPSA) is 83.6 Å². The zero-order chi connectivity index (χ0) is 15.3. The Bertz CT molecular complexity index is 537. The molecule has 0 heterocycles. The Morgan fingerprint density at radius 3 is 2.24 bits per heavy atom. The molecule has 5 nitrogen and oxygen atoms in total. The van der Waals surface area contributed by atoms with Gasteiger partial charge in [0.05, 0.1) is 12.4 Å². The molecule has 1 fully saturated rings. The highest BCUT2D eigenvalue weighted by Crippen LogP contribution is 2.26. The van der Waals surface area contributed by atoms with E-state index in [4.69, 9.17) is 5.73 Å². The van der Waals surface area contributed by atoms with Crippen LogP contribution in [0, 0.1) is 0 Å². The summed E-state index contributed by atoms with van der Waals surface area (Å²) in [6.07, 6.45) is 3.91. The molecule has 1 aliphatic carbocycles. The van der Waals surface area contributed by atoms with Gasteiger partial charge in [-0.25, -0.2) is 8.42 Å². The summed E-state index contributed by atoms with van der Waals surface area (Å²) in [5.41, 5.74) is 7.29. The van der Waals surface area contributed by atoms with Crippen LogP contribution < -0.4 is 5.73 Å². The lowest BCUT2D eigenvalue weighted by atomic mass is 10.1. The van der Waals surface area contributed by atoms with Crippen molar-refractivity contribution in [3.63, 3.8) is 0 Å². The number of hydrogen-bond donors (Lipinski definition) is 2. The van der Waals surface area contributed by atoms with Crippen molar-refractivity contribution in [3.8, 4) is 0 Å². The molecule has 1 aliphatic rings. The smallest absolute Gasteiger partial charge is 0.218 e. The van der Waals surface area contributed by atoms with Crippen LogP contribution in [0.5, 0.6) is 0 Å². The second kappa shape index (κ2) is 7.35. The van der Waals surface area contributed by atoms with Crippen molar-refractivity contribution in [1.29, 1.82) is 0 Å². The van der Waals surface area contributed by atoms with Crippen LogP contribution in [0.1, 0.15) is 36.8 Å². The van der Waals surface area contributed by atoms with E-state index >= 15 is 0 Å². The molecule has 0 unspecified atom stereocenters. The zero-order valence-corrected chi connectivity index (χ0v) is 13.1. The van der Waals surface area contributed by atoms with Gasteiger partial charge in [0, 0.05) is 19.1 Å². The van der Waals surface area contributed by atoms with Gasteiger partial charge in [0.1, 0.15) is 0 Å². The first-order valence-electron chi connectivity index (χ1n) is 7.45. The van der Waals surface area contributed by atoms with Crippen molar-refractivity contribution in [3.05, 3.63) is 35.4 Å². The van der Waals surface area contributed by atoms with Crippen molar-refractivity contribution in [1.82, 2.24) is 4.31 Å². The number of rotatable bonds is 7. The van der Waals surface area contributed by atoms with E-state index in [0.717, 1.165) is 36.8 Å². The van der Waals surface area contributed by atoms with E-state index < -0.39 is 10.0 Å². The Balaban J connectivity index is 2.13. The highest BCUT2D eigenvalue weighted by atomic mass is 32.2.